The Morgan fingerprint density at radius 3 is 2.58 bits per heavy atom. The van der Waals surface area contributed by atoms with Gasteiger partial charge in [-0.2, -0.15) is 10.1 Å². The van der Waals surface area contributed by atoms with Gasteiger partial charge >= 0.3 is 6.09 Å². The van der Waals surface area contributed by atoms with Gasteiger partial charge in [0.25, 0.3) is 0 Å². The van der Waals surface area contributed by atoms with Crippen LogP contribution in [0.1, 0.15) is 64.5 Å². The fourth-order valence-corrected chi connectivity index (χ4v) is 6.54. The second-order valence-electron chi connectivity index (χ2n) is 12.2. The van der Waals surface area contributed by atoms with Crippen molar-refractivity contribution in [3.63, 3.8) is 0 Å². The predicted octanol–water partition coefficient (Wildman–Crippen LogP) is 6.98. The Balaban J connectivity index is 1.17. The van der Waals surface area contributed by atoms with Crippen LogP contribution in [0.3, 0.4) is 0 Å². The van der Waals surface area contributed by atoms with Gasteiger partial charge in [0.05, 0.1) is 12.2 Å². The van der Waals surface area contributed by atoms with Crippen molar-refractivity contribution in [3.05, 3.63) is 65.8 Å². The Kier molecular flexibility index (Phi) is 7.29. The molecule has 2 fully saturated rings. The third kappa shape index (κ3) is 5.73. The fraction of sp³-hybridized carbons (Fsp3) is 0.484. The lowest BCUT2D eigenvalue weighted by atomic mass is 9.83. The van der Waals surface area contributed by atoms with Gasteiger partial charge in [-0.3, -0.25) is 4.68 Å². The van der Waals surface area contributed by atoms with Crippen molar-refractivity contribution in [1.29, 1.82) is 0 Å². The summed E-state index contributed by atoms with van der Waals surface area (Å²) in [4.78, 5) is 23.4. The van der Waals surface area contributed by atoms with Gasteiger partial charge < -0.3 is 14.2 Å². The molecule has 1 aliphatic carbocycles. The molecule has 0 N–H and O–H groups in total. The Morgan fingerprint density at radius 1 is 1.05 bits per heavy atom. The second-order valence-corrected chi connectivity index (χ2v) is 12.6. The zero-order valence-corrected chi connectivity index (χ0v) is 24.2. The fourth-order valence-electron chi connectivity index (χ4n) is 6.41. The maximum absolute atomic E-state index is 12.5. The smallest absolute Gasteiger partial charge is 0.410 e. The van der Waals surface area contributed by atoms with E-state index < -0.39 is 5.60 Å². The number of carbonyl (C=O) groups excluding carboxylic acids is 1. The van der Waals surface area contributed by atoms with Crippen molar-refractivity contribution in [1.82, 2.24) is 29.2 Å². The average molecular weight is 561 g/mol. The molecule has 0 radical (unpaired) electrons. The molecule has 210 valence electrons. The van der Waals surface area contributed by atoms with Gasteiger partial charge in [0.1, 0.15) is 11.2 Å². The summed E-state index contributed by atoms with van der Waals surface area (Å²) in [5.74, 6) is 1.26. The number of halogens is 1. The highest BCUT2D eigenvalue weighted by molar-refractivity contribution is 6.28. The van der Waals surface area contributed by atoms with E-state index in [1.165, 1.54) is 12.0 Å². The van der Waals surface area contributed by atoms with E-state index >= 15 is 0 Å². The average Bonchev–Trinajstić information content (AvgIpc) is 3.67. The Bertz CT molecular complexity index is 1480. The van der Waals surface area contributed by atoms with E-state index in [9.17, 15) is 4.79 Å². The highest BCUT2D eigenvalue weighted by atomic mass is 35.5. The maximum atomic E-state index is 12.5. The van der Waals surface area contributed by atoms with Crippen LogP contribution in [0.4, 0.5) is 4.79 Å². The quantitative estimate of drug-likeness (QED) is 0.246. The van der Waals surface area contributed by atoms with Crippen LogP contribution in [0.25, 0.3) is 22.3 Å². The monoisotopic (exact) mass is 560 g/mol. The number of aromatic nitrogens is 5. The molecule has 2 aliphatic rings. The minimum atomic E-state index is -0.461. The largest absolute Gasteiger partial charge is 0.444 e. The molecule has 1 saturated carbocycles. The molecule has 2 unspecified atom stereocenters. The molecule has 4 heterocycles. The van der Waals surface area contributed by atoms with Crippen molar-refractivity contribution >= 4 is 28.7 Å². The summed E-state index contributed by atoms with van der Waals surface area (Å²) in [6.45, 7) is 8.01. The summed E-state index contributed by atoms with van der Waals surface area (Å²) in [6, 6.07) is 12.8. The predicted molar refractivity (Wildman–Crippen MR) is 156 cm³/mol. The third-order valence-electron chi connectivity index (χ3n) is 8.34. The molecule has 2 atom stereocenters. The lowest BCUT2D eigenvalue weighted by Gasteiger charge is -2.35. The minimum absolute atomic E-state index is 0.190. The maximum Gasteiger partial charge on any atom is 0.410 e. The van der Waals surface area contributed by atoms with Gasteiger partial charge in [0.2, 0.25) is 5.28 Å². The van der Waals surface area contributed by atoms with Crippen molar-refractivity contribution in [2.75, 3.05) is 13.1 Å². The molecule has 8 nitrogen and oxygen atoms in total. The standard InChI is InChI=1S/C31H37ClN6O2/c1-31(2,3)40-30(39)36-14-11-22(12-15-36)23-9-10-24(17-23)38-20-26(25-18-33-29(32)34-28(25)38)27-13-16-37(35-27)19-21-7-5-4-6-8-21/h4-8,13,16,18,20,22-24H,9-12,14-15,17,19H2,1-3H3. The lowest BCUT2D eigenvalue weighted by molar-refractivity contribution is 0.0159. The molecule has 0 bridgehead atoms. The number of nitrogens with zero attached hydrogens (tertiary/aromatic N) is 6. The summed E-state index contributed by atoms with van der Waals surface area (Å²) < 4.78 is 9.87. The number of amides is 1. The number of ether oxygens (including phenoxy) is 1. The molecule has 3 aromatic heterocycles. The molecule has 4 aromatic rings. The van der Waals surface area contributed by atoms with E-state index in [0.29, 0.717) is 17.9 Å². The molecule has 6 rings (SSSR count). The van der Waals surface area contributed by atoms with Gasteiger partial charge in [-0.15, -0.1) is 0 Å². The van der Waals surface area contributed by atoms with E-state index in [0.717, 1.165) is 67.6 Å². The summed E-state index contributed by atoms with van der Waals surface area (Å²) in [7, 11) is 0. The number of piperidine rings is 1. The molecule has 1 aliphatic heterocycles. The van der Waals surface area contributed by atoms with Crippen LogP contribution >= 0.6 is 11.6 Å². The van der Waals surface area contributed by atoms with E-state index in [-0.39, 0.29) is 11.4 Å². The summed E-state index contributed by atoms with van der Waals surface area (Å²) in [5.41, 5.74) is 3.57. The van der Waals surface area contributed by atoms with Gasteiger partial charge in [0.15, 0.2) is 0 Å². The van der Waals surface area contributed by atoms with Crippen LogP contribution in [-0.4, -0.2) is 54.0 Å². The number of rotatable bonds is 5. The zero-order valence-electron chi connectivity index (χ0n) is 23.5. The topological polar surface area (TPSA) is 78.1 Å². The first-order valence-electron chi connectivity index (χ1n) is 14.3. The number of likely N-dealkylation sites (tertiary alicyclic amines) is 1. The zero-order chi connectivity index (χ0) is 27.9. The number of fused-ring (bicyclic) bond motifs is 1. The highest BCUT2D eigenvalue weighted by Gasteiger charge is 2.36. The van der Waals surface area contributed by atoms with Gasteiger partial charge in [-0.25, -0.2) is 9.78 Å². The minimum Gasteiger partial charge on any atom is -0.444 e. The Morgan fingerprint density at radius 2 is 1.82 bits per heavy atom. The number of carbonyl (C=O) groups is 1. The van der Waals surface area contributed by atoms with E-state index in [1.54, 1.807) is 0 Å². The molecule has 9 heteroatoms. The Labute approximate surface area is 240 Å². The molecule has 1 amide bonds. The molecule has 0 spiro atoms. The van der Waals surface area contributed by atoms with E-state index in [4.69, 9.17) is 21.4 Å². The third-order valence-corrected chi connectivity index (χ3v) is 8.53. The second kappa shape index (κ2) is 10.9. The van der Waals surface area contributed by atoms with Crippen LogP contribution in [0.2, 0.25) is 5.28 Å². The van der Waals surface area contributed by atoms with Crippen molar-refractivity contribution in [2.24, 2.45) is 11.8 Å². The van der Waals surface area contributed by atoms with Crippen molar-refractivity contribution in [3.8, 4) is 11.3 Å². The van der Waals surface area contributed by atoms with E-state index in [1.807, 2.05) is 60.9 Å². The first-order valence-corrected chi connectivity index (χ1v) is 14.7. The molecular formula is C31H37ClN6O2. The lowest BCUT2D eigenvalue weighted by Crippen LogP contribution is -2.42. The van der Waals surface area contributed by atoms with Gasteiger partial charge in [0, 0.05) is 48.7 Å². The summed E-state index contributed by atoms with van der Waals surface area (Å²) >= 11 is 6.28. The number of hydrogen-bond donors (Lipinski definition) is 0. The van der Waals surface area contributed by atoms with Crippen LogP contribution in [-0.2, 0) is 11.3 Å². The van der Waals surface area contributed by atoms with Crippen LogP contribution in [0, 0.1) is 11.8 Å². The molecule has 40 heavy (non-hydrogen) atoms. The molecule has 1 aromatic carbocycles. The number of benzene rings is 1. The van der Waals surface area contributed by atoms with Gasteiger partial charge in [-0.05, 0) is 87.9 Å². The molecule has 1 saturated heterocycles. The van der Waals surface area contributed by atoms with Crippen molar-refractivity contribution < 1.29 is 9.53 Å². The van der Waals surface area contributed by atoms with Crippen LogP contribution < -0.4 is 0 Å². The van der Waals surface area contributed by atoms with Crippen LogP contribution in [0.5, 0.6) is 0 Å². The SMILES string of the molecule is CC(C)(C)OC(=O)N1CCC(C2CCC(n3cc(-c4ccn(Cc5ccccc5)n4)c4cnc(Cl)nc43)C2)CC1. The molecular weight excluding hydrogens is 524 g/mol. The van der Waals surface area contributed by atoms with Crippen LogP contribution in [0.15, 0.2) is 55.0 Å². The van der Waals surface area contributed by atoms with Gasteiger partial charge in [-0.1, -0.05) is 30.3 Å². The summed E-state index contributed by atoms with van der Waals surface area (Å²) in [6.07, 6.45) is 11.3. The summed E-state index contributed by atoms with van der Waals surface area (Å²) in [5, 5.41) is 6.13. The Hall–Kier alpha value is -3.39. The normalized spacial score (nSPS) is 20.4. The first-order chi connectivity index (χ1) is 19.2. The van der Waals surface area contributed by atoms with E-state index in [2.05, 4.69) is 38.9 Å². The first kappa shape index (κ1) is 26.8. The number of hydrogen-bond acceptors (Lipinski definition) is 5. The highest BCUT2D eigenvalue weighted by Crippen LogP contribution is 2.44. The van der Waals surface area contributed by atoms with Crippen molar-refractivity contribution in [2.45, 2.75) is 71.1 Å².